The van der Waals surface area contributed by atoms with E-state index in [2.05, 4.69) is 5.32 Å². The number of aliphatic carboxylic acids is 1. The number of hydrogen-bond donors (Lipinski definition) is 2. The molecule has 0 aromatic heterocycles. The van der Waals surface area contributed by atoms with Crippen LogP contribution in [0, 0.1) is 11.8 Å². The van der Waals surface area contributed by atoms with Crippen molar-refractivity contribution >= 4 is 11.9 Å². The van der Waals surface area contributed by atoms with Gasteiger partial charge < -0.3 is 20.1 Å². The number of nitrogens with one attached hydrogen (secondary N) is 1. The lowest BCUT2D eigenvalue weighted by Gasteiger charge is -2.27. The fourth-order valence-corrected chi connectivity index (χ4v) is 2.41. The lowest BCUT2D eigenvalue weighted by molar-refractivity contribution is -0.142. The van der Waals surface area contributed by atoms with Crippen LogP contribution < -0.4 is 5.32 Å². The number of carboxylic acid groups (broad SMARTS) is 1. The molecule has 2 fully saturated rings. The van der Waals surface area contributed by atoms with Crippen molar-refractivity contribution in [2.24, 2.45) is 11.8 Å². The highest BCUT2D eigenvalue weighted by Gasteiger charge is 2.39. The lowest BCUT2D eigenvalue weighted by Crippen LogP contribution is -2.52. The van der Waals surface area contributed by atoms with E-state index < -0.39 is 11.9 Å². The zero-order valence-corrected chi connectivity index (χ0v) is 9.89. The molecule has 2 N–H and O–H groups in total. The highest BCUT2D eigenvalue weighted by atomic mass is 16.5. The Labute approximate surface area is 99.9 Å². The molecule has 1 amide bonds. The molecule has 2 saturated heterocycles. The van der Waals surface area contributed by atoms with Gasteiger partial charge in [-0.2, -0.15) is 0 Å². The van der Waals surface area contributed by atoms with E-state index in [0.717, 1.165) is 0 Å². The molecule has 2 rings (SSSR count). The van der Waals surface area contributed by atoms with Crippen molar-refractivity contribution in [2.75, 3.05) is 32.8 Å². The Hall–Kier alpha value is -1.14. The molecule has 0 aromatic carbocycles. The second-order valence-corrected chi connectivity index (χ2v) is 4.75. The van der Waals surface area contributed by atoms with E-state index in [0.29, 0.717) is 32.8 Å². The van der Waals surface area contributed by atoms with E-state index in [1.54, 1.807) is 4.90 Å². The van der Waals surface area contributed by atoms with E-state index in [4.69, 9.17) is 9.84 Å². The van der Waals surface area contributed by atoms with E-state index in [1.807, 2.05) is 6.92 Å². The largest absolute Gasteiger partial charge is 0.481 e. The van der Waals surface area contributed by atoms with Crippen LogP contribution in [0.2, 0.25) is 0 Å². The number of carboxylic acids is 1. The van der Waals surface area contributed by atoms with Gasteiger partial charge >= 0.3 is 5.97 Å². The maximum absolute atomic E-state index is 12.1. The van der Waals surface area contributed by atoms with Crippen molar-refractivity contribution in [3.05, 3.63) is 0 Å². The Morgan fingerprint density at radius 3 is 2.71 bits per heavy atom. The molecule has 0 saturated carbocycles. The third-order valence-electron chi connectivity index (χ3n) is 3.46. The number of likely N-dealkylation sites (tertiary alicyclic amines) is 1. The van der Waals surface area contributed by atoms with Crippen molar-refractivity contribution in [3.8, 4) is 0 Å². The molecular formula is C11H18N2O4. The fraction of sp³-hybridized carbons (Fsp3) is 0.818. The smallest absolute Gasteiger partial charge is 0.308 e. The Morgan fingerprint density at radius 2 is 2.18 bits per heavy atom. The number of nitrogens with zero attached hydrogens (tertiary/aromatic N) is 1. The number of ether oxygens (including phenoxy) is 1. The first kappa shape index (κ1) is 12.3. The monoisotopic (exact) mass is 242 g/mol. The van der Waals surface area contributed by atoms with Crippen LogP contribution in [-0.2, 0) is 14.3 Å². The van der Waals surface area contributed by atoms with Crippen molar-refractivity contribution in [3.63, 3.8) is 0 Å². The van der Waals surface area contributed by atoms with Crippen LogP contribution in [0.25, 0.3) is 0 Å². The normalized spacial score (nSPS) is 33.7. The van der Waals surface area contributed by atoms with Gasteiger partial charge in [0.2, 0.25) is 5.91 Å². The Bertz CT molecular complexity index is 315. The molecule has 0 aromatic rings. The topological polar surface area (TPSA) is 78.9 Å². The predicted molar refractivity (Wildman–Crippen MR) is 59.5 cm³/mol. The summed E-state index contributed by atoms with van der Waals surface area (Å²) in [6, 6.07) is -0.316. The van der Waals surface area contributed by atoms with Gasteiger partial charge in [-0.1, -0.05) is 6.92 Å². The molecule has 0 bridgehead atoms. The molecule has 2 aliphatic rings. The third kappa shape index (κ3) is 2.58. The van der Waals surface area contributed by atoms with Crippen LogP contribution in [0.15, 0.2) is 0 Å². The van der Waals surface area contributed by atoms with Crippen LogP contribution in [0.5, 0.6) is 0 Å². The van der Waals surface area contributed by atoms with E-state index in [-0.39, 0.29) is 17.9 Å². The standard InChI is InChI=1S/C11H18N2O4/c1-7-4-13(5-8(7)11(15)16)10(14)9-6-17-3-2-12-9/h7-9,12H,2-6H2,1H3,(H,15,16)/t7-,8-,9?/m1/s1. The minimum absolute atomic E-state index is 0.0148. The number of rotatable bonds is 2. The van der Waals surface area contributed by atoms with E-state index >= 15 is 0 Å². The second-order valence-electron chi connectivity index (χ2n) is 4.75. The highest BCUT2D eigenvalue weighted by Crippen LogP contribution is 2.23. The average molecular weight is 242 g/mol. The van der Waals surface area contributed by atoms with Gasteiger partial charge in [-0.25, -0.2) is 0 Å². The SMILES string of the molecule is C[C@@H]1CN(C(=O)C2COCCN2)C[C@H]1C(=O)O. The molecule has 6 nitrogen and oxygen atoms in total. The quantitative estimate of drug-likeness (QED) is 0.659. The number of hydrogen-bond acceptors (Lipinski definition) is 4. The molecule has 2 heterocycles. The van der Waals surface area contributed by atoms with Crippen molar-refractivity contribution < 1.29 is 19.4 Å². The van der Waals surface area contributed by atoms with E-state index in [9.17, 15) is 9.59 Å². The summed E-state index contributed by atoms with van der Waals surface area (Å²) in [7, 11) is 0. The number of morpholine rings is 1. The minimum atomic E-state index is -0.819. The zero-order valence-electron chi connectivity index (χ0n) is 9.89. The Kier molecular flexibility index (Phi) is 3.63. The van der Waals surface area contributed by atoms with Gasteiger partial charge in [-0.05, 0) is 5.92 Å². The summed E-state index contributed by atoms with van der Waals surface area (Å²) in [5.41, 5.74) is 0. The first-order valence-electron chi connectivity index (χ1n) is 5.92. The molecule has 2 aliphatic heterocycles. The van der Waals surface area contributed by atoms with Gasteiger partial charge in [0.15, 0.2) is 0 Å². The van der Waals surface area contributed by atoms with Crippen LogP contribution in [-0.4, -0.2) is 60.8 Å². The summed E-state index contributed by atoms with van der Waals surface area (Å²) in [6.45, 7) is 4.37. The molecule has 6 heteroatoms. The summed E-state index contributed by atoms with van der Waals surface area (Å²) < 4.78 is 5.24. The van der Waals surface area contributed by atoms with Crippen LogP contribution in [0.1, 0.15) is 6.92 Å². The summed E-state index contributed by atoms with van der Waals surface area (Å²) in [5, 5.41) is 12.1. The lowest BCUT2D eigenvalue weighted by atomic mass is 9.99. The summed E-state index contributed by atoms with van der Waals surface area (Å²) in [6.07, 6.45) is 0. The van der Waals surface area contributed by atoms with Crippen LogP contribution in [0.4, 0.5) is 0 Å². The van der Waals surface area contributed by atoms with Gasteiger partial charge in [0, 0.05) is 19.6 Å². The maximum atomic E-state index is 12.1. The van der Waals surface area contributed by atoms with Gasteiger partial charge in [0.05, 0.1) is 19.1 Å². The van der Waals surface area contributed by atoms with Gasteiger partial charge in [0.25, 0.3) is 0 Å². The molecular weight excluding hydrogens is 224 g/mol. The Morgan fingerprint density at radius 1 is 1.41 bits per heavy atom. The minimum Gasteiger partial charge on any atom is -0.481 e. The summed E-state index contributed by atoms with van der Waals surface area (Å²) >= 11 is 0. The van der Waals surface area contributed by atoms with Gasteiger partial charge in [-0.3, -0.25) is 9.59 Å². The first-order chi connectivity index (χ1) is 8.09. The zero-order chi connectivity index (χ0) is 12.4. The summed E-state index contributed by atoms with van der Waals surface area (Å²) in [5.74, 6) is -1.29. The number of carbonyl (C=O) groups is 2. The predicted octanol–water partition coefficient (Wildman–Crippen LogP) is -0.846. The Balaban J connectivity index is 1.94. The van der Waals surface area contributed by atoms with Crippen LogP contribution >= 0.6 is 0 Å². The third-order valence-corrected chi connectivity index (χ3v) is 3.46. The van der Waals surface area contributed by atoms with Crippen molar-refractivity contribution in [1.82, 2.24) is 10.2 Å². The average Bonchev–Trinajstić information content (AvgIpc) is 2.71. The molecule has 0 spiro atoms. The van der Waals surface area contributed by atoms with Crippen molar-refractivity contribution in [2.45, 2.75) is 13.0 Å². The summed E-state index contributed by atoms with van der Waals surface area (Å²) in [4.78, 5) is 24.7. The molecule has 17 heavy (non-hydrogen) atoms. The molecule has 1 unspecified atom stereocenters. The van der Waals surface area contributed by atoms with Gasteiger partial charge in [0.1, 0.15) is 6.04 Å². The van der Waals surface area contributed by atoms with Crippen molar-refractivity contribution in [1.29, 1.82) is 0 Å². The second kappa shape index (κ2) is 5.01. The van der Waals surface area contributed by atoms with E-state index in [1.165, 1.54) is 0 Å². The molecule has 3 atom stereocenters. The highest BCUT2D eigenvalue weighted by molar-refractivity contribution is 5.83. The fourth-order valence-electron chi connectivity index (χ4n) is 2.41. The van der Waals surface area contributed by atoms with Gasteiger partial charge in [-0.15, -0.1) is 0 Å². The molecule has 96 valence electrons. The molecule has 0 radical (unpaired) electrons. The first-order valence-corrected chi connectivity index (χ1v) is 5.92. The molecule has 0 aliphatic carbocycles. The number of carbonyl (C=O) groups excluding carboxylic acids is 1. The maximum Gasteiger partial charge on any atom is 0.308 e. The van der Waals surface area contributed by atoms with Crippen LogP contribution in [0.3, 0.4) is 0 Å². The number of amides is 1.